The Balaban J connectivity index is 1.46. The number of nitrogens with zero attached hydrogens (tertiary/aromatic N) is 6. The van der Waals surface area contributed by atoms with E-state index in [0.29, 0.717) is 24.3 Å². The lowest BCUT2D eigenvalue weighted by Crippen LogP contribution is -2.52. The lowest BCUT2D eigenvalue weighted by atomic mass is 9.53. The van der Waals surface area contributed by atoms with Crippen LogP contribution in [-0.2, 0) is 19.1 Å². The Bertz CT molecular complexity index is 941. The maximum Gasteiger partial charge on any atom is 0.320 e. The zero-order valence-corrected chi connectivity index (χ0v) is 16.8. The van der Waals surface area contributed by atoms with Crippen molar-refractivity contribution in [2.24, 2.45) is 24.8 Å². The fraction of sp³-hybridized carbons (Fsp3) is 0.650. The standard InChI is InChI=1S/C20H26N6O3/c1-23(11-16-3-4-21-24(16)2)19(27)18-17(26(28)29)12-25(22-18)20-8-13-5-14(9-20)7-15(6-13)10-20/h3-4,12-15H,5-11H2,1-2H3. The molecule has 29 heavy (non-hydrogen) atoms. The second-order valence-corrected chi connectivity index (χ2v) is 9.31. The summed E-state index contributed by atoms with van der Waals surface area (Å²) in [4.78, 5) is 25.8. The van der Waals surface area contributed by atoms with Gasteiger partial charge in [-0.3, -0.25) is 24.3 Å². The Morgan fingerprint density at radius 3 is 2.41 bits per heavy atom. The average Bonchev–Trinajstić information content (AvgIpc) is 3.27. The summed E-state index contributed by atoms with van der Waals surface area (Å²) in [6.07, 6.45) is 10.1. The molecule has 4 bridgehead atoms. The minimum absolute atomic E-state index is 0.0598. The summed E-state index contributed by atoms with van der Waals surface area (Å²) in [5.41, 5.74) is 0.445. The molecule has 4 aliphatic carbocycles. The summed E-state index contributed by atoms with van der Waals surface area (Å²) in [5.74, 6) is 1.64. The molecular weight excluding hydrogens is 372 g/mol. The molecular formula is C20H26N6O3. The van der Waals surface area contributed by atoms with Gasteiger partial charge in [-0.25, -0.2) is 0 Å². The molecule has 1 amide bonds. The van der Waals surface area contributed by atoms with Gasteiger partial charge in [-0.15, -0.1) is 0 Å². The van der Waals surface area contributed by atoms with Crippen molar-refractivity contribution in [1.82, 2.24) is 24.5 Å². The van der Waals surface area contributed by atoms with Gasteiger partial charge < -0.3 is 4.90 Å². The van der Waals surface area contributed by atoms with Crippen LogP contribution >= 0.6 is 0 Å². The van der Waals surface area contributed by atoms with Crippen molar-refractivity contribution in [3.05, 3.63) is 40.0 Å². The number of carbonyl (C=O) groups is 1. The molecule has 2 heterocycles. The highest BCUT2D eigenvalue weighted by molar-refractivity contribution is 5.95. The first-order valence-corrected chi connectivity index (χ1v) is 10.3. The van der Waals surface area contributed by atoms with Gasteiger partial charge in [0.1, 0.15) is 6.20 Å². The average molecular weight is 398 g/mol. The zero-order chi connectivity index (χ0) is 20.3. The molecule has 0 aliphatic heterocycles. The van der Waals surface area contributed by atoms with Crippen LogP contribution in [0, 0.1) is 27.9 Å². The molecule has 0 radical (unpaired) electrons. The van der Waals surface area contributed by atoms with Crippen LogP contribution in [0.2, 0.25) is 0 Å². The molecule has 9 heteroatoms. The molecule has 6 rings (SSSR count). The van der Waals surface area contributed by atoms with Gasteiger partial charge in [-0.2, -0.15) is 10.2 Å². The van der Waals surface area contributed by atoms with Crippen molar-refractivity contribution >= 4 is 11.6 Å². The fourth-order valence-corrected chi connectivity index (χ4v) is 6.29. The second-order valence-electron chi connectivity index (χ2n) is 9.31. The lowest BCUT2D eigenvalue weighted by molar-refractivity contribution is -0.385. The number of amides is 1. The van der Waals surface area contributed by atoms with Crippen molar-refractivity contribution in [2.45, 2.75) is 50.6 Å². The van der Waals surface area contributed by atoms with Crippen LogP contribution in [0.5, 0.6) is 0 Å². The number of rotatable bonds is 5. The van der Waals surface area contributed by atoms with Crippen molar-refractivity contribution in [2.75, 3.05) is 7.05 Å². The molecule has 0 aromatic carbocycles. The molecule has 4 fully saturated rings. The van der Waals surface area contributed by atoms with E-state index >= 15 is 0 Å². The zero-order valence-electron chi connectivity index (χ0n) is 16.8. The van der Waals surface area contributed by atoms with Gasteiger partial charge in [0.15, 0.2) is 0 Å². The molecule has 4 aliphatic rings. The van der Waals surface area contributed by atoms with E-state index in [0.717, 1.165) is 25.0 Å². The van der Waals surface area contributed by atoms with Gasteiger partial charge in [0.2, 0.25) is 5.69 Å². The van der Waals surface area contributed by atoms with Crippen molar-refractivity contribution in [3.63, 3.8) is 0 Å². The van der Waals surface area contributed by atoms with E-state index in [1.165, 1.54) is 30.4 Å². The van der Waals surface area contributed by atoms with Gasteiger partial charge in [0.05, 0.1) is 22.7 Å². The van der Waals surface area contributed by atoms with E-state index in [9.17, 15) is 14.9 Å². The van der Waals surface area contributed by atoms with Gasteiger partial charge in [-0.1, -0.05) is 0 Å². The predicted octanol–water partition coefficient (Wildman–Crippen LogP) is 2.72. The molecule has 2 aromatic heterocycles. The number of aromatic nitrogens is 4. The fourth-order valence-electron chi connectivity index (χ4n) is 6.29. The maximum absolute atomic E-state index is 13.1. The summed E-state index contributed by atoms with van der Waals surface area (Å²) in [6.45, 7) is 0.316. The second kappa shape index (κ2) is 6.40. The van der Waals surface area contributed by atoms with Crippen LogP contribution in [0.4, 0.5) is 5.69 Å². The number of hydrogen-bond donors (Lipinski definition) is 0. The number of nitro groups is 1. The van der Waals surface area contributed by atoms with Crippen LogP contribution in [0.1, 0.15) is 54.7 Å². The highest BCUT2D eigenvalue weighted by atomic mass is 16.6. The topological polar surface area (TPSA) is 99.1 Å². The van der Waals surface area contributed by atoms with Gasteiger partial charge >= 0.3 is 5.69 Å². The Labute approximate surface area is 168 Å². The van der Waals surface area contributed by atoms with Crippen molar-refractivity contribution in [1.29, 1.82) is 0 Å². The van der Waals surface area contributed by atoms with E-state index < -0.39 is 10.8 Å². The third-order valence-electron chi connectivity index (χ3n) is 7.25. The molecule has 2 aromatic rings. The van der Waals surface area contributed by atoms with E-state index in [2.05, 4.69) is 10.2 Å². The number of aryl methyl sites for hydroxylation is 1. The largest absolute Gasteiger partial charge is 0.334 e. The van der Waals surface area contributed by atoms with Gasteiger partial charge in [0.25, 0.3) is 5.91 Å². The summed E-state index contributed by atoms with van der Waals surface area (Å²) in [5, 5.41) is 20.4. The summed E-state index contributed by atoms with van der Waals surface area (Å²) in [6, 6.07) is 1.83. The Hall–Kier alpha value is -2.71. The molecule has 0 N–H and O–H groups in total. The first-order valence-electron chi connectivity index (χ1n) is 10.3. The first-order chi connectivity index (χ1) is 13.8. The lowest BCUT2D eigenvalue weighted by Gasteiger charge is -2.56. The molecule has 154 valence electrons. The molecule has 0 atom stereocenters. The van der Waals surface area contributed by atoms with E-state index in [1.807, 2.05) is 6.07 Å². The quantitative estimate of drug-likeness (QED) is 0.570. The van der Waals surface area contributed by atoms with E-state index in [4.69, 9.17) is 0 Å². The number of carbonyl (C=O) groups excluding carboxylic acids is 1. The van der Waals surface area contributed by atoms with E-state index in [1.54, 1.807) is 29.7 Å². The third-order valence-corrected chi connectivity index (χ3v) is 7.25. The highest BCUT2D eigenvalue weighted by Crippen LogP contribution is 2.58. The molecule has 9 nitrogen and oxygen atoms in total. The summed E-state index contributed by atoms with van der Waals surface area (Å²) in [7, 11) is 3.45. The Morgan fingerprint density at radius 1 is 1.28 bits per heavy atom. The number of hydrogen-bond acceptors (Lipinski definition) is 5. The SMILES string of the molecule is CN(Cc1ccnn1C)C(=O)c1nn(C23CC4CC(CC(C4)C2)C3)cc1[N+](=O)[O-]. The Morgan fingerprint density at radius 2 is 1.90 bits per heavy atom. The van der Waals surface area contributed by atoms with Gasteiger partial charge in [0, 0.05) is 20.3 Å². The maximum atomic E-state index is 13.1. The Kier molecular flexibility index (Phi) is 4.04. The minimum atomic E-state index is -0.477. The first kappa shape index (κ1) is 18.3. The van der Waals surface area contributed by atoms with Crippen LogP contribution in [0.15, 0.2) is 18.5 Å². The van der Waals surface area contributed by atoms with E-state index in [-0.39, 0.29) is 16.9 Å². The monoisotopic (exact) mass is 398 g/mol. The predicted molar refractivity (Wildman–Crippen MR) is 104 cm³/mol. The van der Waals surface area contributed by atoms with Gasteiger partial charge in [-0.05, 0) is 62.3 Å². The third kappa shape index (κ3) is 2.94. The van der Waals surface area contributed by atoms with Crippen molar-refractivity contribution < 1.29 is 9.72 Å². The smallest absolute Gasteiger partial charge is 0.320 e. The molecule has 0 saturated heterocycles. The summed E-state index contributed by atoms with van der Waals surface area (Å²) < 4.78 is 3.48. The van der Waals surface area contributed by atoms with Crippen LogP contribution < -0.4 is 0 Å². The molecule has 0 spiro atoms. The van der Waals surface area contributed by atoms with Crippen molar-refractivity contribution in [3.8, 4) is 0 Å². The van der Waals surface area contributed by atoms with Crippen LogP contribution in [-0.4, -0.2) is 42.3 Å². The highest BCUT2D eigenvalue weighted by Gasteiger charge is 2.53. The normalized spacial score (nSPS) is 29.9. The molecule has 0 unspecified atom stereocenters. The summed E-state index contributed by atoms with van der Waals surface area (Å²) >= 11 is 0. The van der Waals surface area contributed by atoms with Crippen LogP contribution in [0.3, 0.4) is 0 Å². The minimum Gasteiger partial charge on any atom is -0.334 e. The van der Waals surface area contributed by atoms with Crippen LogP contribution in [0.25, 0.3) is 0 Å². The molecule has 4 saturated carbocycles.